The molecule has 0 unspecified atom stereocenters. The fraction of sp³-hybridized carbons (Fsp3) is 0.462. The number of carbonyl (C=O) groups excluding carboxylic acids is 1. The van der Waals surface area contributed by atoms with Gasteiger partial charge in [-0.3, -0.25) is 4.79 Å². The molecule has 0 radical (unpaired) electrons. The molecule has 0 aliphatic rings. The third-order valence-corrected chi connectivity index (χ3v) is 2.20. The van der Waals surface area contributed by atoms with Crippen LogP contribution in [0.15, 0.2) is 24.3 Å². The number of benzene rings is 1. The summed E-state index contributed by atoms with van der Waals surface area (Å²) in [6.07, 6.45) is 0. The molecule has 0 fully saturated rings. The molecule has 1 amide bonds. The lowest BCUT2D eigenvalue weighted by molar-refractivity contribution is -0.123. The van der Waals surface area contributed by atoms with E-state index in [4.69, 9.17) is 9.47 Å². The van der Waals surface area contributed by atoms with E-state index in [1.807, 2.05) is 32.2 Å². The Kier molecular flexibility index (Phi) is 9.66. The number of halogens is 1. The smallest absolute Gasteiger partial charge is 0.257 e. The fourth-order valence-corrected chi connectivity index (χ4v) is 1.37. The first kappa shape index (κ1) is 17.5. The highest BCUT2D eigenvalue weighted by Crippen LogP contribution is 2.25. The van der Waals surface area contributed by atoms with E-state index in [1.165, 1.54) is 0 Å². The van der Waals surface area contributed by atoms with Crippen molar-refractivity contribution in [3.8, 4) is 11.5 Å². The molecule has 1 rings (SSSR count). The maximum absolute atomic E-state index is 11.5. The van der Waals surface area contributed by atoms with Crippen LogP contribution in [0.2, 0.25) is 0 Å². The van der Waals surface area contributed by atoms with Crippen LogP contribution in [0.1, 0.15) is 6.92 Å². The summed E-state index contributed by atoms with van der Waals surface area (Å²) in [7, 11) is 1.83. The Hall–Kier alpha value is -1.46. The number of ether oxygens (including phenoxy) is 2. The monoisotopic (exact) mass is 288 g/mol. The molecule has 6 heteroatoms. The summed E-state index contributed by atoms with van der Waals surface area (Å²) in [6, 6.07) is 7.31. The van der Waals surface area contributed by atoms with Crippen LogP contribution in [-0.4, -0.2) is 39.3 Å². The molecule has 0 heterocycles. The standard InChI is InChI=1S/C13H20N2O3.ClH/c1-3-17-11-6-4-5-7-12(11)18-10-13(16)15-9-8-14-2;/h4-7,14H,3,8-10H2,1-2H3,(H,15,16);1H. The quantitative estimate of drug-likeness (QED) is 0.706. The van der Waals surface area contributed by atoms with Gasteiger partial charge in [0.05, 0.1) is 6.61 Å². The second-order valence-corrected chi connectivity index (χ2v) is 3.62. The zero-order valence-electron chi connectivity index (χ0n) is 11.3. The molecule has 1 aromatic carbocycles. The zero-order valence-corrected chi connectivity index (χ0v) is 12.1. The van der Waals surface area contributed by atoms with E-state index in [1.54, 1.807) is 6.07 Å². The maximum Gasteiger partial charge on any atom is 0.257 e. The number of amides is 1. The van der Waals surface area contributed by atoms with E-state index in [2.05, 4.69) is 10.6 Å². The van der Waals surface area contributed by atoms with Crippen molar-refractivity contribution in [3.05, 3.63) is 24.3 Å². The van der Waals surface area contributed by atoms with Crippen LogP contribution in [0, 0.1) is 0 Å². The van der Waals surface area contributed by atoms with Gasteiger partial charge in [0.25, 0.3) is 5.91 Å². The molecular weight excluding hydrogens is 268 g/mol. The van der Waals surface area contributed by atoms with Crippen molar-refractivity contribution < 1.29 is 14.3 Å². The summed E-state index contributed by atoms with van der Waals surface area (Å²) < 4.78 is 10.8. The molecule has 0 aliphatic heterocycles. The summed E-state index contributed by atoms with van der Waals surface area (Å²) >= 11 is 0. The molecule has 1 aromatic rings. The van der Waals surface area contributed by atoms with Gasteiger partial charge in [-0.25, -0.2) is 0 Å². The van der Waals surface area contributed by atoms with Crippen molar-refractivity contribution >= 4 is 18.3 Å². The highest BCUT2D eigenvalue weighted by Gasteiger charge is 2.06. The number of para-hydroxylation sites is 2. The number of nitrogens with one attached hydrogen (secondary N) is 2. The Morgan fingerprint density at radius 2 is 1.79 bits per heavy atom. The minimum Gasteiger partial charge on any atom is -0.490 e. The molecule has 5 nitrogen and oxygen atoms in total. The average molecular weight is 289 g/mol. The number of carbonyl (C=O) groups is 1. The first-order valence-corrected chi connectivity index (χ1v) is 6.03. The number of hydrogen-bond donors (Lipinski definition) is 2. The second kappa shape index (κ2) is 10.5. The van der Waals surface area contributed by atoms with Gasteiger partial charge >= 0.3 is 0 Å². The van der Waals surface area contributed by atoms with Gasteiger partial charge in [-0.1, -0.05) is 12.1 Å². The minimum absolute atomic E-state index is 0. The summed E-state index contributed by atoms with van der Waals surface area (Å²) in [5, 5.41) is 5.69. The topological polar surface area (TPSA) is 59.6 Å². The summed E-state index contributed by atoms with van der Waals surface area (Å²) in [5.74, 6) is 1.10. The van der Waals surface area contributed by atoms with E-state index >= 15 is 0 Å². The minimum atomic E-state index is -0.142. The van der Waals surface area contributed by atoms with Crippen LogP contribution >= 0.6 is 12.4 Å². The van der Waals surface area contributed by atoms with Crippen LogP contribution in [0.25, 0.3) is 0 Å². The second-order valence-electron chi connectivity index (χ2n) is 3.62. The lowest BCUT2D eigenvalue weighted by Gasteiger charge is -2.11. The Balaban J connectivity index is 0.00000324. The molecule has 0 spiro atoms. The number of hydrogen-bond acceptors (Lipinski definition) is 4. The largest absolute Gasteiger partial charge is 0.490 e. The molecule has 0 aromatic heterocycles. The Morgan fingerprint density at radius 1 is 1.16 bits per heavy atom. The molecule has 19 heavy (non-hydrogen) atoms. The van der Waals surface area contributed by atoms with Gasteiger partial charge in [-0.2, -0.15) is 0 Å². The van der Waals surface area contributed by atoms with Crippen molar-refractivity contribution in [1.82, 2.24) is 10.6 Å². The van der Waals surface area contributed by atoms with Crippen molar-refractivity contribution in [3.63, 3.8) is 0 Å². The zero-order chi connectivity index (χ0) is 13.2. The Labute approximate surface area is 120 Å². The molecule has 108 valence electrons. The van der Waals surface area contributed by atoms with E-state index in [9.17, 15) is 4.79 Å². The molecule has 0 saturated carbocycles. The predicted octanol–water partition coefficient (Wildman–Crippen LogP) is 1.22. The summed E-state index contributed by atoms with van der Waals surface area (Å²) in [6.45, 7) is 3.79. The van der Waals surface area contributed by atoms with Gasteiger partial charge in [0.2, 0.25) is 0 Å². The van der Waals surface area contributed by atoms with Crippen molar-refractivity contribution in [1.29, 1.82) is 0 Å². The third-order valence-electron chi connectivity index (χ3n) is 2.20. The molecule has 0 bridgehead atoms. The van der Waals surface area contributed by atoms with Crippen molar-refractivity contribution in [2.45, 2.75) is 6.92 Å². The molecule has 2 N–H and O–H groups in total. The maximum atomic E-state index is 11.5. The van der Waals surface area contributed by atoms with Crippen molar-refractivity contribution in [2.24, 2.45) is 0 Å². The molecule has 0 saturated heterocycles. The first-order chi connectivity index (χ1) is 8.77. The van der Waals surface area contributed by atoms with Gasteiger partial charge < -0.3 is 20.1 Å². The van der Waals surface area contributed by atoms with Gasteiger partial charge in [0.15, 0.2) is 18.1 Å². The Bertz CT molecular complexity index is 375. The van der Waals surface area contributed by atoms with Gasteiger partial charge in [-0.15, -0.1) is 12.4 Å². The average Bonchev–Trinajstić information content (AvgIpc) is 2.38. The van der Waals surface area contributed by atoms with Crippen LogP contribution < -0.4 is 20.1 Å². The third kappa shape index (κ3) is 6.88. The lowest BCUT2D eigenvalue weighted by atomic mass is 10.3. The summed E-state index contributed by atoms with van der Waals surface area (Å²) in [4.78, 5) is 11.5. The van der Waals surface area contributed by atoms with Gasteiger partial charge in [0.1, 0.15) is 0 Å². The predicted molar refractivity (Wildman–Crippen MR) is 77.3 cm³/mol. The number of likely N-dealkylation sites (N-methyl/N-ethyl adjacent to an activating group) is 1. The highest BCUT2D eigenvalue weighted by molar-refractivity contribution is 5.85. The lowest BCUT2D eigenvalue weighted by Crippen LogP contribution is -2.33. The van der Waals surface area contributed by atoms with Crippen molar-refractivity contribution in [2.75, 3.05) is 33.4 Å². The van der Waals surface area contributed by atoms with Crippen LogP contribution in [-0.2, 0) is 4.79 Å². The highest BCUT2D eigenvalue weighted by atomic mass is 35.5. The van der Waals surface area contributed by atoms with Crippen LogP contribution in [0.3, 0.4) is 0 Å². The van der Waals surface area contributed by atoms with Crippen LogP contribution in [0.4, 0.5) is 0 Å². The first-order valence-electron chi connectivity index (χ1n) is 6.03. The van der Waals surface area contributed by atoms with E-state index in [-0.39, 0.29) is 24.9 Å². The van der Waals surface area contributed by atoms with Gasteiger partial charge in [0, 0.05) is 13.1 Å². The molecule has 0 atom stereocenters. The fourth-order valence-electron chi connectivity index (χ4n) is 1.37. The number of rotatable bonds is 8. The van der Waals surface area contributed by atoms with Crippen LogP contribution in [0.5, 0.6) is 11.5 Å². The Morgan fingerprint density at radius 3 is 2.37 bits per heavy atom. The van der Waals surface area contributed by atoms with Gasteiger partial charge in [-0.05, 0) is 26.1 Å². The summed E-state index contributed by atoms with van der Waals surface area (Å²) in [5.41, 5.74) is 0. The molecule has 0 aliphatic carbocycles. The van der Waals surface area contributed by atoms with E-state index < -0.39 is 0 Å². The normalized spacial score (nSPS) is 9.37. The molecular formula is C13H21ClN2O3. The van der Waals surface area contributed by atoms with E-state index in [0.717, 1.165) is 6.54 Å². The van der Waals surface area contributed by atoms with E-state index in [0.29, 0.717) is 24.7 Å². The SMILES string of the molecule is CCOc1ccccc1OCC(=O)NCCNC.Cl.